The first kappa shape index (κ1) is 23.6. The number of carbonyl (C=O) groups is 1. The Bertz CT molecular complexity index is 1190. The summed E-state index contributed by atoms with van der Waals surface area (Å²) in [7, 11) is 0. The molecule has 31 heavy (non-hydrogen) atoms. The van der Waals surface area contributed by atoms with Crippen LogP contribution in [0, 0.1) is 14.9 Å². The number of halogens is 4. The van der Waals surface area contributed by atoms with Crippen LogP contribution in [0.3, 0.4) is 0 Å². The molecule has 4 nitrogen and oxygen atoms in total. The number of nitriles is 1. The third-order valence-electron chi connectivity index (χ3n) is 4.14. The molecule has 0 fully saturated rings. The predicted molar refractivity (Wildman–Crippen MR) is 136 cm³/mol. The number of anilines is 1. The first-order chi connectivity index (χ1) is 14.9. The van der Waals surface area contributed by atoms with E-state index < -0.39 is 5.91 Å². The minimum Gasteiger partial charge on any atom is -0.488 e. The van der Waals surface area contributed by atoms with Crippen molar-refractivity contribution in [2.75, 3.05) is 5.32 Å². The number of hydrogen-bond acceptors (Lipinski definition) is 3. The molecule has 1 amide bonds. The Morgan fingerprint density at radius 1 is 1.16 bits per heavy atom. The molecule has 8 heteroatoms. The number of rotatable bonds is 6. The van der Waals surface area contributed by atoms with Crippen molar-refractivity contribution in [2.45, 2.75) is 6.61 Å². The number of nitrogens with zero attached hydrogens (tertiary/aromatic N) is 1. The van der Waals surface area contributed by atoms with Crippen LogP contribution in [-0.4, -0.2) is 5.91 Å². The van der Waals surface area contributed by atoms with E-state index in [4.69, 9.17) is 27.9 Å². The maximum absolute atomic E-state index is 12.5. The first-order valence-electron chi connectivity index (χ1n) is 8.91. The lowest BCUT2D eigenvalue weighted by molar-refractivity contribution is -0.112. The van der Waals surface area contributed by atoms with Gasteiger partial charge in [0, 0.05) is 3.57 Å². The second-order valence-corrected chi connectivity index (χ2v) is 9.22. The molecule has 0 spiro atoms. The van der Waals surface area contributed by atoms with E-state index in [1.54, 1.807) is 36.4 Å². The predicted octanol–water partition coefficient (Wildman–Crippen LogP) is 7.49. The van der Waals surface area contributed by atoms with E-state index in [0.717, 1.165) is 9.13 Å². The third kappa shape index (κ3) is 6.47. The van der Waals surface area contributed by atoms with Gasteiger partial charge in [0.05, 0.1) is 20.2 Å². The van der Waals surface area contributed by atoms with Gasteiger partial charge in [0.25, 0.3) is 5.91 Å². The highest BCUT2D eigenvalue weighted by molar-refractivity contribution is 14.1. The van der Waals surface area contributed by atoms with Gasteiger partial charge in [-0.05, 0) is 92.1 Å². The molecule has 0 aliphatic heterocycles. The number of amides is 1. The second kappa shape index (κ2) is 11.0. The van der Waals surface area contributed by atoms with Crippen molar-refractivity contribution in [2.24, 2.45) is 0 Å². The van der Waals surface area contributed by atoms with Crippen LogP contribution >= 0.6 is 61.7 Å². The summed E-state index contributed by atoms with van der Waals surface area (Å²) in [6.07, 6.45) is 1.49. The molecule has 0 heterocycles. The highest BCUT2D eigenvalue weighted by atomic mass is 127. The molecule has 0 radical (unpaired) electrons. The Hall–Kier alpha value is -2.05. The van der Waals surface area contributed by atoms with Gasteiger partial charge in [-0.15, -0.1) is 0 Å². The van der Waals surface area contributed by atoms with Crippen LogP contribution in [-0.2, 0) is 11.4 Å². The average Bonchev–Trinajstić information content (AvgIpc) is 2.75. The van der Waals surface area contributed by atoms with Gasteiger partial charge in [-0.25, -0.2) is 0 Å². The highest BCUT2D eigenvalue weighted by Crippen LogP contribution is 2.30. The molecule has 0 aromatic heterocycles. The smallest absolute Gasteiger partial charge is 0.266 e. The van der Waals surface area contributed by atoms with Crippen molar-refractivity contribution in [1.29, 1.82) is 5.26 Å². The molecule has 0 saturated heterocycles. The van der Waals surface area contributed by atoms with E-state index in [1.165, 1.54) is 6.08 Å². The molecular formula is C23H14BrCl2IN2O2. The van der Waals surface area contributed by atoms with E-state index in [2.05, 4.69) is 43.8 Å². The van der Waals surface area contributed by atoms with Gasteiger partial charge >= 0.3 is 0 Å². The second-order valence-electron chi connectivity index (χ2n) is 6.33. The summed E-state index contributed by atoms with van der Waals surface area (Å²) in [4.78, 5) is 12.5. The zero-order valence-electron chi connectivity index (χ0n) is 15.8. The standard InChI is InChI=1S/C23H14BrCl2IN2O2/c24-18-11-15(6-9-21(18)31-13-14-4-7-17(27)8-5-14)10-16(12-28)23(30)29-20-3-1-2-19(25)22(20)26/h1-11H,13H2,(H,29,30)/b16-10-. The summed E-state index contributed by atoms with van der Waals surface area (Å²) in [6, 6.07) is 20.2. The quantitative estimate of drug-likeness (QED) is 0.175. The van der Waals surface area contributed by atoms with Crippen molar-refractivity contribution < 1.29 is 9.53 Å². The van der Waals surface area contributed by atoms with Crippen LogP contribution in [0.4, 0.5) is 5.69 Å². The SMILES string of the molecule is N#C/C(=C/c1ccc(OCc2ccc(I)cc2)c(Br)c1)C(=O)Nc1cccc(Cl)c1Cl. The van der Waals surface area contributed by atoms with Gasteiger partial charge in [-0.1, -0.05) is 47.5 Å². The van der Waals surface area contributed by atoms with Crippen LogP contribution in [0.2, 0.25) is 10.0 Å². The van der Waals surface area contributed by atoms with E-state index in [-0.39, 0.29) is 10.6 Å². The molecule has 0 aliphatic rings. The van der Waals surface area contributed by atoms with Gasteiger partial charge in [0.15, 0.2) is 0 Å². The number of nitrogens with one attached hydrogen (secondary N) is 1. The molecule has 3 aromatic carbocycles. The molecule has 0 saturated carbocycles. The fraction of sp³-hybridized carbons (Fsp3) is 0.0435. The highest BCUT2D eigenvalue weighted by Gasteiger charge is 2.13. The van der Waals surface area contributed by atoms with E-state index in [0.29, 0.717) is 33.1 Å². The number of carbonyl (C=O) groups excluding carboxylic acids is 1. The van der Waals surface area contributed by atoms with Gasteiger partial charge < -0.3 is 10.1 Å². The van der Waals surface area contributed by atoms with Crippen molar-refractivity contribution >= 4 is 79.4 Å². The van der Waals surface area contributed by atoms with E-state index in [9.17, 15) is 10.1 Å². The lowest BCUT2D eigenvalue weighted by Gasteiger charge is -2.10. The van der Waals surface area contributed by atoms with Crippen LogP contribution < -0.4 is 10.1 Å². The van der Waals surface area contributed by atoms with Gasteiger partial charge in [0.2, 0.25) is 0 Å². The summed E-state index contributed by atoms with van der Waals surface area (Å²) in [5.74, 6) is 0.0752. The zero-order chi connectivity index (χ0) is 22.4. The zero-order valence-corrected chi connectivity index (χ0v) is 21.1. The maximum Gasteiger partial charge on any atom is 0.266 e. The molecule has 0 bridgehead atoms. The van der Waals surface area contributed by atoms with Crippen LogP contribution in [0.25, 0.3) is 6.08 Å². The van der Waals surface area contributed by atoms with Gasteiger partial charge in [0.1, 0.15) is 24.0 Å². The van der Waals surface area contributed by atoms with Crippen LogP contribution in [0.5, 0.6) is 5.75 Å². The molecule has 156 valence electrons. The van der Waals surface area contributed by atoms with Crippen molar-refractivity contribution in [1.82, 2.24) is 0 Å². The summed E-state index contributed by atoms with van der Waals surface area (Å²) in [5.41, 5.74) is 1.98. The average molecular weight is 628 g/mol. The number of benzene rings is 3. The number of ether oxygens (including phenoxy) is 1. The first-order valence-corrected chi connectivity index (χ1v) is 11.5. The molecule has 0 aliphatic carbocycles. The Labute approximate surface area is 212 Å². The van der Waals surface area contributed by atoms with Gasteiger partial charge in [-0.2, -0.15) is 5.26 Å². The summed E-state index contributed by atoms with van der Waals surface area (Å²) in [6.45, 7) is 0.428. The summed E-state index contributed by atoms with van der Waals surface area (Å²) >= 11 is 17.8. The minimum absolute atomic E-state index is 0.0736. The molecule has 3 rings (SSSR count). The fourth-order valence-corrected chi connectivity index (χ4v) is 3.79. The molecule has 0 unspecified atom stereocenters. The summed E-state index contributed by atoms with van der Waals surface area (Å²) in [5, 5.41) is 12.6. The largest absolute Gasteiger partial charge is 0.488 e. The van der Waals surface area contributed by atoms with Crippen molar-refractivity contribution in [3.05, 3.63) is 95.5 Å². The lowest BCUT2D eigenvalue weighted by Crippen LogP contribution is -2.13. The van der Waals surface area contributed by atoms with Gasteiger partial charge in [-0.3, -0.25) is 4.79 Å². The van der Waals surface area contributed by atoms with Crippen LogP contribution in [0.15, 0.2) is 70.7 Å². The van der Waals surface area contributed by atoms with Crippen molar-refractivity contribution in [3.63, 3.8) is 0 Å². The Kier molecular flexibility index (Phi) is 8.38. The summed E-state index contributed by atoms with van der Waals surface area (Å²) < 4.78 is 7.73. The Morgan fingerprint density at radius 2 is 1.90 bits per heavy atom. The fourth-order valence-electron chi connectivity index (χ4n) is 2.57. The minimum atomic E-state index is -0.582. The van der Waals surface area contributed by atoms with Crippen molar-refractivity contribution in [3.8, 4) is 11.8 Å². The Balaban J connectivity index is 1.72. The lowest BCUT2D eigenvalue weighted by atomic mass is 10.1. The Morgan fingerprint density at radius 3 is 2.58 bits per heavy atom. The molecule has 1 N–H and O–H groups in total. The number of hydrogen-bond donors (Lipinski definition) is 1. The van der Waals surface area contributed by atoms with Crippen LogP contribution in [0.1, 0.15) is 11.1 Å². The molecular weight excluding hydrogens is 614 g/mol. The maximum atomic E-state index is 12.5. The topological polar surface area (TPSA) is 62.1 Å². The monoisotopic (exact) mass is 626 g/mol. The molecule has 0 atom stereocenters. The van der Waals surface area contributed by atoms with E-state index in [1.807, 2.05) is 30.3 Å². The normalized spacial score (nSPS) is 11.0. The van der Waals surface area contributed by atoms with E-state index >= 15 is 0 Å². The third-order valence-corrected chi connectivity index (χ3v) is 6.30. The molecule has 3 aromatic rings.